The Bertz CT molecular complexity index is 896. The van der Waals surface area contributed by atoms with Gasteiger partial charge in [0.2, 0.25) is 11.8 Å². The number of carbonyl (C=O) groups is 2. The van der Waals surface area contributed by atoms with Gasteiger partial charge in [-0.05, 0) is 42.8 Å². The van der Waals surface area contributed by atoms with Gasteiger partial charge in [0.1, 0.15) is 5.82 Å². The molecule has 8 heteroatoms. The van der Waals surface area contributed by atoms with Crippen LogP contribution in [0.15, 0.2) is 42.5 Å². The van der Waals surface area contributed by atoms with Crippen molar-refractivity contribution >= 4 is 23.2 Å². The van der Waals surface area contributed by atoms with Crippen molar-refractivity contribution in [2.24, 2.45) is 5.92 Å². The molecule has 2 aromatic rings. The Hall–Kier alpha value is -2.90. The Morgan fingerprint density at radius 1 is 1.19 bits per heavy atom. The van der Waals surface area contributed by atoms with Gasteiger partial charge in [0.15, 0.2) is 0 Å². The average Bonchev–Trinajstić information content (AvgIpc) is 2.99. The predicted octanol–water partition coefficient (Wildman–Crippen LogP) is 4.14. The lowest BCUT2D eigenvalue weighted by molar-refractivity contribution is -0.137. The van der Waals surface area contributed by atoms with E-state index in [0.29, 0.717) is 11.3 Å². The summed E-state index contributed by atoms with van der Waals surface area (Å²) in [6.07, 6.45) is -4.65. The minimum Gasteiger partial charge on any atom is -0.325 e. The van der Waals surface area contributed by atoms with Crippen LogP contribution in [-0.2, 0) is 15.8 Å². The number of nitrogens with zero attached hydrogens (tertiary/aromatic N) is 1. The summed E-state index contributed by atoms with van der Waals surface area (Å²) >= 11 is 0. The van der Waals surface area contributed by atoms with Crippen LogP contribution in [0.25, 0.3) is 0 Å². The molecule has 4 nitrogen and oxygen atoms in total. The number of hydrogen-bond acceptors (Lipinski definition) is 2. The van der Waals surface area contributed by atoms with Gasteiger partial charge in [0, 0.05) is 24.3 Å². The van der Waals surface area contributed by atoms with E-state index in [1.165, 1.54) is 30.3 Å². The summed E-state index contributed by atoms with van der Waals surface area (Å²) in [4.78, 5) is 25.8. The van der Waals surface area contributed by atoms with E-state index in [0.717, 1.165) is 17.0 Å². The van der Waals surface area contributed by atoms with Crippen molar-refractivity contribution in [3.05, 3.63) is 59.4 Å². The second-order valence-corrected chi connectivity index (χ2v) is 6.40. The van der Waals surface area contributed by atoms with Gasteiger partial charge in [-0.2, -0.15) is 13.2 Å². The zero-order valence-corrected chi connectivity index (χ0v) is 14.3. The third kappa shape index (κ3) is 4.10. The molecule has 2 amide bonds. The van der Waals surface area contributed by atoms with E-state index >= 15 is 0 Å². The SMILES string of the molecule is Cc1ccc(F)cc1NC(=O)[C@H]1CC(=O)N(c2cccc(C(F)(F)F)c2)C1. The Labute approximate surface area is 152 Å². The summed E-state index contributed by atoms with van der Waals surface area (Å²) in [5.41, 5.74) is 0.178. The number of alkyl halides is 3. The van der Waals surface area contributed by atoms with Crippen LogP contribution >= 0.6 is 0 Å². The molecule has 2 aromatic carbocycles. The fraction of sp³-hybridized carbons (Fsp3) is 0.263. The van der Waals surface area contributed by atoms with Crippen molar-refractivity contribution in [1.29, 1.82) is 0 Å². The number of nitrogens with one attached hydrogen (secondary N) is 1. The van der Waals surface area contributed by atoms with E-state index in [9.17, 15) is 27.2 Å². The number of carbonyl (C=O) groups excluding carboxylic acids is 2. The highest BCUT2D eigenvalue weighted by Crippen LogP contribution is 2.33. The highest BCUT2D eigenvalue weighted by Gasteiger charge is 2.37. The monoisotopic (exact) mass is 380 g/mol. The van der Waals surface area contributed by atoms with Gasteiger partial charge in [0.05, 0.1) is 11.5 Å². The molecule has 0 bridgehead atoms. The molecule has 1 saturated heterocycles. The van der Waals surface area contributed by atoms with Crippen LogP contribution in [-0.4, -0.2) is 18.4 Å². The van der Waals surface area contributed by atoms with E-state index in [1.807, 2.05) is 0 Å². The highest BCUT2D eigenvalue weighted by atomic mass is 19.4. The maximum absolute atomic E-state index is 13.3. The molecule has 0 radical (unpaired) electrons. The van der Waals surface area contributed by atoms with Crippen molar-refractivity contribution in [1.82, 2.24) is 0 Å². The van der Waals surface area contributed by atoms with Gasteiger partial charge >= 0.3 is 6.18 Å². The molecule has 0 saturated carbocycles. The average molecular weight is 380 g/mol. The van der Waals surface area contributed by atoms with Crippen molar-refractivity contribution in [2.75, 3.05) is 16.8 Å². The summed E-state index contributed by atoms with van der Waals surface area (Å²) in [5, 5.41) is 2.58. The standard InChI is InChI=1S/C19H16F4N2O2/c1-11-5-6-14(20)9-16(11)24-18(27)12-7-17(26)25(10-12)15-4-2-3-13(8-15)19(21,22)23/h2-6,8-9,12H,7,10H2,1H3,(H,24,27)/t12-/m0/s1. The fourth-order valence-electron chi connectivity index (χ4n) is 2.95. The second kappa shape index (κ2) is 7.02. The van der Waals surface area contributed by atoms with Crippen molar-refractivity contribution < 1.29 is 27.2 Å². The highest BCUT2D eigenvalue weighted by molar-refractivity contribution is 6.03. The van der Waals surface area contributed by atoms with Gasteiger partial charge in [0.25, 0.3) is 0 Å². The topological polar surface area (TPSA) is 49.4 Å². The van der Waals surface area contributed by atoms with E-state index in [2.05, 4.69) is 5.32 Å². The lowest BCUT2D eigenvalue weighted by atomic mass is 10.1. The first-order chi connectivity index (χ1) is 12.6. The van der Waals surface area contributed by atoms with Gasteiger partial charge in [-0.3, -0.25) is 9.59 Å². The Kier molecular flexibility index (Phi) is 4.91. The van der Waals surface area contributed by atoms with Crippen LogP contribution in [0.2, 0.25) is 0 Å². The minimum absolute atomic E-state index is 0.0413. The number of hydrogen-bond donors (Lipinski definition) is 1. The predicted molar refractivity (Wildman–Crippen MR) is 91.7 cm³/mol. The van der Waals surface area contributed by atoms with Crippen LogP contribution in [0, 0.1) is 18.7 Å². The summed E-state index contributed by atoms with van der Waals surface area (Å²) in [7, 11) is 0. The van der Waals surface area contributed by atoms with Crippen LogP contribution in [0.3, 0.4) is 0 Å². The molecule has 1 aliphatic rings. The molecule has 0 aliphatic carbocycles. The molecular formula is C19H16F4N2O2. The van der Waals surface area contributed by atoms with Gasteiger partial charge in [-0.15, -0.1) is 0 Å². The molecule has 142 valence electrons. The Morgan fingerprint density at radius 2 is 1.93 bits per heavy atom. The molecule has 1 fully saturated rings. The number of anilines is 2. The first-order valence-electron chi connectivity index (χ1n) is 8.20. The quantitative estimate of drug-likeness (QED) is 0.814. The first-order valence-corrected chi connectivity index (χ1v) is 8.20. The van der Waals surface area contributed by atoms with E-state index in [4.69, 9.17) is 0 Å². The molecule has 1 aliphatic heterocycles. The zero-order chi connectivity index (χ0) is 19.8. The third-order valence-electron chi connectivity index (χ3n) is 4.44. The molecule has 3 rings (SSSR count). The maximum atomic E-state index is 13.3. The molecule has 1 atom stereocenters. The van der Waals surface area contributed by atoms with Gasteiger partial charge in [-0.1, -0.05) is 12.1 Å². The first kappa shape index (κ1) is 18.9. The number of amides is 2. The summed E-state index contributed by atoms with van der Waals surface area (Å²) < 4.78 is 52.0. The minimum atomic E-state index is -4.52. The smallest absolute Gasteiger partial charge is 0.325 e. The number of halogens is 4. The lowest BCUT2D eigenvalue weighted by Crippen LogP contribution is -2.28. The van der Waals surface area contributed by atoms with Crippen LogP contribution in [0.5, 0.6) is 0 Å². The van der Waals surface area contributed by atoms with Crippen LogP contribution in [0.4, 0.5) is 28.9 Å². The van der Waals surface area contributed by atoms with Gasteiger partial charge < -0.3 is 10.2 Å². The van der Waals surface area contributed by atoms with E-state index in [1.54, 1.807) is 6.92 Å². The Morgan fingerprint density at radius 3 is 2.63 bits per heavy atom. The normalized spacial score (nSPS) is 17.3. The zero-order valence-electron chi connectivity index (χ0n) is 14.3. The molecule has 0 unspecified atom stereocenters. The number of benzene rings is 2. The van der Waals surface area contributed by atoms with Crippen molar-refractivity contribution in [2.45, 2.75) is 19.5 Å². The molecule has 27 heavy (non-hydrogen) atoms. The van der Waals surface area contributed by atoms with Crippen molar-refractivity contribution in [3.63, 3.8) is 0 Å². The van der Waals surface area contributed by atoms with E-state index < -0.39 is 35.3 Å². The van der Waals surface area contributed by atoms with Crippen LogP contribution in [0.1, 0.15) is 17.5 Å². The van der Waals surface area contributed by atoms with Crippen LogP contribution < -0.4 is 10.2 Å². The molecule has 0 spiro atoms. The molecule has 1 heterocycles. The molecule has 1 N–H and O–H groups in total. The second-order valence-electron chi connectivity index (χ2n) is 6.40. The third-order valence-corrected chi connectivity index (χ3v) is 4.44. The summed E-state index contributed by atoms with van der Waals surface area (Å²) in [5.74, 6) is -2.17. The number of rotatable bonds is 3. The molecular weight excluding hydrogens is 364 g/mol. The summed E-state index contributed by atoms with van der Waals surface area (Å²) in [6, 6.07) is 8.36. The lowest BCUT2D eigenvalue weighted by Gasteiger charge is -2.18. The molecule has 0 aromatic heterocycles. The fourth-order valence-corrected chi connectivity index (χ4v) is 2.95. The summed E-state index contributed by atoms with van der Waals surface area (Å²) in [6.45, 7) is 1.66. The van der Waals surface area contributed by atoms with E-state index in [-0.39, 0.29) is 18.7 Å². The van der Waals surface area contributed by atoms with Crippen molar-refractivity contribution in [3.8, 4) is 0 Å². The van der Waals surface area contributed by atoms with Gasteiger partial charge in [-0.25, -0.2) is 4.39 Å². The number of aryl methyl sites for hydroxylation is 1. The Balaban J connectivity index is 1.75. The largest absolute Gasteiger partial charge is 0.416 e. The maximum Gasteiger partial charge on any atom is 0.416 e.